The number of ether oxygens (including phenoxy) is 2. The number of fused-ring (bicyclic) bond motifs is 2. The molecular formula is C20H17N3O3S. The molecule has 0 saturated carbocycles. The molecule has 27 heavy (non-hydrogen) atoms. The fraction of sp³-hybridized carbons (Fsp3) is 0.200. The van der Waals surface area contributed by atoms with Crippen molar-refractivity contribution in [1.82, 2.24) is 4.98 Å². The van der Waals surface area contributed by atoms with Crippen molar-refractivity contribution in [3.05, 3.63) is 59.1 Å². The van der Waals surface area contributed by atoms with E-state index in [2.05, 4.69) is 16.4 Å². The molecule has 3 heterocycles. The number of rotatable bonds is 3. The lowest BCUT2D eigenvalue weighted by Crippen LogP contribution is -2.35. The maximum Gasteiger partial charge on any atom is 0.277 e. The van der Waals surface area contributed by atoms with Gasteiger partial charge in [-0.1, -0.05) is 18.2 Å². The van der Waals surface area contributed by atoms with Crippen molar-refractivity contribution in [1.29, 1.82) is 0 Å². The standard InChI is InChI=1S/C20H17N3O3S/c24-19(23-9-3-5-13-4-1-2-6-16(13)23)15-11-27-20(22-15)21-14-7-8-17-18(10-14)26-12-25-17/h1-2,4,6-8,10-11H,3,5,9,12H2,(H,21,22). The number of aromatic nitrogens is 1. The summed E-state index contributed by atoms with van der Waals surface area (Å²) in [6.45, 7) is 0.963. The third kappa shape index (κ3) is 3.00. The summed E-state index contributed by atoms with van der Waals surface area (Å²) < 4.78 is 10.7. The second-order valence-electron chi connectivity index (χ2n) is 6.42. The quantitative estimate of drug-likeness (QED) is 0.739. The minimum absolute atomic E-state index is 0.0582. The number of aryl methyl sites for hydroxylation is 1. The number of thiazole rings is 1. The van der Waals surface area contributed by atoms with Gasteiger partial charge in [-0.2, -0.15) is 0 Å². The van der Waals surface area contributed by atoms with Gasteiger partial charge in [0.15, 0.2) is 16.6 Å². The van der Waals surface area contributed by atoms with E-state index >= 15 is 0 Å². The summed E-state index contributed by atoms with van der Waals surface area (Å²) >= 11 is 1.41. The molecule has 0 bridgehead atoms. The molecule has 0 atom stereocenters. The lowest BCUT2D eigenvalue weighted by molar-refractivity contribution is 0.0981. The Morgan fingerprint density at radius 3 is 3.00 bits per heavy atom. The number of nitrogens with zero attached hydrogens (tertiary/aromatic N) is 2. The van der Waals surface area contributed by atoms with Crippen molar-refractivity contribution in [3.63, 3.8) is 0 Å². The van der Waals surface area contributed by atoms with Crippen molar-refractivity contribution in [2.75, 3.05) is 23.6 Å². The smallest absolute Gasteiger partial charge is 0.277 e. The van der Waals surface area contributed by atoms with E-state index in [9.17, 15) is 4.79 Å². The van der Waals surface area contributed by atoms with Crippen molar-refractivity contribution >= 4 is 33.8 Å². The molecule has 5 rings (SSSR count). The van der Waals surface area contributed by atoms with Crippen molar-refractivity contribution in [3.8, 4) is 11.5 Å². The van der Waals surface area contributed by atoms with Crippen LogP contribution in [0.3, 0.4) is 0 Å². The summed E-state index contributed by atoms with van der Waals surface area (Å²) in [5, 5.41) is 5.70. The minimum atomic E-state index is -0.0582. The Bertz CT molecular complexity index is 1020. The number of anilines is 3. The van der Waals surface area contributed by atoms with Crippen LogP contribution in [0.1, 0.15) is 22.5 Å². The van der Waals surface area contributed by atoms with E-state index in [-0.39, 0.29) is 12.7 Å². The van der Waals surface area contributed by atoms with Gasteiger partial charge in [-0.15, -0.1) is 11.3 Å². The van der Waals surface area contributed by atoms with Crippen LogP contribution in [0.25, 0.3) is 0 Å². The summed E-state index contributed by atoms with van der Waals surface area (Å²) in [5.41, 5.74) is 3.51. The monoisotopic (exact) mass is 379 g/mol. The van der Waals surface area contributed by atoms with Crippen LogP contribution >= 0.6 is 11.3 Å². The van der Waals surface area contributed by atoms with Crippen LogP contribution in [0.5, 0.6) is 11.5 Å². The summed E-state index contributed by atoms with van der Waals surface area (Å²) in [5.74, 6) is 1.38. The Labute approximate surface area is 160 Å². The largest absolute Gasteiger partial charge is 0.454 e. The Morgan fingerprint density at radius 2 is 2.04 bits per heavy atom. The molecule has 0 saturated heterocycles. The fourth-order valence-electron chi connectivity index (χ4n) is 3.41. The molecule has 0 spiro atoms. The Kier molecular flexibility index (Phi) is 3.94. The molecule has 1 aromatic heterocycles. The average molecular weight is 379 g/mol. The van der Waals surface area contributed by atoms with Crippen LogP contribution in [0, 0.1) is 0 Å². The average Bonchev–Trinajstić information content (AvgIpc) is 3.36. The van der Waals surface area contributed by atoms with Crippen LogP contribution in [0.2, 0.25) is 0 Å². The Hall–Kier alpha value is -3.06. The van der Waals surface area contributed by atoms with Gasteiger partial charge in [-0.05, 0) is 36.6 Å². The summed E-state index contributed by atoms with van der Waals surface area (Å²) in [7, 11) is 0. The third-order valence-electron chi connectivity index (χ3n) is 4.70. The highest BCUT2D eigenvalue weighted by molar-refractivity contribution is 7.14. The van der Waals surface area contributed by atoms with Crippen LogP contribution in [0.15, 0.2) is 47.8 Å². The van der Waals surface area contributed by atoms with Crippen molar-refractivity contribution < 1.29 is 14.3 Å². The molecule has 136 valence electrons. The zero-order valence-electron chi connectivity index (χ0n) is 14.5. The first-order chi connectivity index (χ1) is 13.3. The maximum absolute atomic E-state index is 13.0. The molecule has 0 fully saturated rings. The number of amides is 1. The SMILES string of the molecule is O=C(c1csc(Nc2ccc3c(c2)OCO3)n1)N1CCCc2ccccc21. The predicted octanol–water partition coefficient (Wildman–Crippen LogP) is 4.21. The first-order valence-electron chi connectivity index (χ1n) is 8.80. The van der Waals surface area contributed by atoms with Crippen molar-refractivity contribution in [2.45, 2.75) is 12.8 Å². The van der Waals surface area contributed by atoms with E-state index in [1.165, 1.54) is 16.9 Å². The van der Waals surface area contributed by atoms with Gasteiger partial charge >= 0.3 is 0 Å². The number of benzene rings is 2. The zero-order chi connectivity index (χ0) is 18.2. The molecule has 1 amide bonds. The summed E-state index contributed by atoms with van der Waals surface area (Å²) in [6, 6.07) is 13.7. The van der Waals surface area contributed by atoms with Crippen LogP contribution in [-0.2, 0) is 6.42 Å². The van der Waals surface area contributed by atoms with Crippen LogP contribution in [0.4, 0.5) is 16.5 Å². The van der Waals surface area contributed by atoms with Crippen LogP contribution in [-0.4, -0.2) is 24.2 Å². The van der Waals surface area contributed by atoms with E-state index in [4.69, 9.17) is 9.47 Å². The number of hydrogen-bond donors (Lipinski definition) is 1. The molecule has 0 radical (unpaired) electrons. The van der Waals surface area contributed by atoms with Gasteiger partial charge in [-0.3, -0.25) is 4.79 Å². The second kappa shape index (κ2) is 6.59. The first-order valence-corrected chi connectivity index (χ1v) is 9.68. The van der Waals surface area contributed by atoms with Gasteiger partial charge in [0.25, 0.3) is 5.91 Å². The van der Waals surface area contributed by atoms with Crippen LogP contribution < -0.4 is 19.7 Å². The molecule has 2 aliphatic rings. The zero-order valence-corrected chi connectivity index (χ0v) is 15.3. The van der Waals surface area contributed by atoms with E-state index in [0.717, 1.165) is 36.5 Å². The molecule has 1 N–H and O–H groups in total. The molecule has 0 unspecified atom stereocenters. The highest BCUT2D eigenvalue weighted by Gasteiger charge is 2.25. The highest BCUT2D eigenvalue weighted by atomic mass is 32.1. The normalized spacial score (nSPS) is 14.7. The molecular weight excluding hydrogens is 362 g/mol. The summed E-state index contributed by atoms with van der Waals surface area (Å²) in [4.78, 5) is 19.3. The van der Waals surface area contributed by atoms with Crippen molar-refractivity contribution in [2.24, 2.45) is 0 Å². The summed E-state index contributed by atoms with van der Waals surface area (Å²) in [6.07, 6.45) is 1.98. The number of hydrogen-bond acceptors (Lipinski definition) is 6. The molecule has 7 heteroatoms. The van der Waals surface area contributed by atoms with Gasteiger partial charge in [0, 0.05) is 29.4 Å². The van der Waals surface area contributed by atoms with E-state index < -0.39 is 0 Å². The predicted molar refractivity (Wildman–Crippen MR) is 104 cm³/mol. The third-order valence-corrected chi connectivity index (χ3v) is 5.46. The fourth-order valence-corrected chi connectivity index (χ4v) is 4.11. The van der Waals surface area contributed by atoms with E-state index in [0.29, 0.717) is 16.6 Å². The van der Waals surface area contributed by atoms with Gasteiger partial charge in [-0.25, -0.2) is 4.98 Å². The first kappa shape index (κ1) is 16.1. The van der Waals surface area contributed by atoms with Gasteiger partial charge in [0.05, 0.1) is 0 Å². The lowest BCUT2D eigenvalue weighted by Gasteiger charge is -2.28. The number of para-hydroxylation sites is 1. The van der Waals surface area contributed by atoms with Gasteiger partial charge < -0.3 is 19.7 Å². The lowest BCUT2D eigenvalue weighted by atomic mass is 10.0. The molecule has 6 nitrogen and oxygen atoms in total. The maximum atomic E-state index is 13.0. The number of carbonyl (C=O) groups excluding carboxylic acids is 1. The highest BCUT2D eigenvalue weighted by Crippen LogP contribution is 2.35. The number of nitrogens with one attached hydrogen (secondary N) is 1. The topological polar surface area (TPSA) is 63.7 Å². The Morgan fingerprint density at radius 1 is 1.15 bits per heavy atom. The molecule has 2 aromatic carbocycles. The molecule has 0 aliphatic carbocycles. The van der Waals surface area contributed by atoms with E-state index in [1.807, 2.05) is 41.3 Å². The van der Waals surface area contributed by atoms with E-state index in [1.54, 1.807) is 5.38 Å². The number of carbonyl (C=O) groups is 1. The van der Waals surface area contributed by atoms with Gasteiger partial charge in [0.2, 0.25) is 6.79 Å². The minimum Gasteiger partial charge on any atom is -0.454 e. The van der Waals surface area contributed by atoms with Gasteiger partial charge in [0.1, 0.15) is 5.69 Å². The molecule has 3 aromatic rings. The second-order valence-corrected chi connectivity index (χ2v) is 7.28. The Balaban J connectivity index is 1.36. The molecule has 2 aliphatic heterocycles.